The van der Waals surface area contributed by atoms with Crippen molar-refractivity contribution in [2.45, 2.75) is 37.2 Å². The quantitative estimate of drug-likeness (QED) is 0.614. The number of ether oxygens (including phenoxy) is 2. The van der Waals surface area contributed by atoms with Crippen molar-refractivity contribution in [3.8, 4) is 5.75 Å². The minimum Gasteiger partial charge on any atom is -0.496 e. The summed E-state index contributed by atoms with van der Waals surface area (Å²) >= 11 is 1.63. The number of methoxy groups -OCH3 is 1. The Balaban J connectivity index is 1.61. The number of hydrogen-bond acceptors (Lipinski definition) is 6. The molecular formula is C20H28N4O2S. The Morgan fingerprint density at radius 3 is 2.96 bits per heavy atom. The minimum atomic E-state index is 0.279. The lowest BCUT2D eigenvalue weighted by atomic mass is 10.2. The molecule has 6 nitrogen and oxygen atoms in total. The highest BCUT2D eigenvalue weighted by Gasteiger charge is 2.20. The van der Waals surface area contributed by atoms with Crippen molar-refractivity contribution in [3.63, 3.8) is 0 Å². The van der Waals surface area contributed by atoms with Crippen molar-refractivity contribution in [1.29, 1.82) is 0 Å². The zero-order valence-corrected chi connectivity index (χ0v) is 17.1. The predicted molar refractivity (Wildman–Crippen MR) is 109 cm³/mol. The van der Waals surface area contributed by atoms with Gasteiger partial charge in [0.2, 0.25) is 0 Å². The topological polar surface area (TPSA) is 52.4 Å². The molecule has 1 fully saturated rings. The first-order valence-corrected chi connectivity index (χ1v) is 10.5. The SMILES string of the molecule is COc1ccccc1/C=C/CN(C)Cc1nnc(SC)n1CC1CCCO1. The summed E-state index contributed by atoms with van der Waals surface area (Å²) in [6.07, 6.45) is 8.82. The highest BCUT2D eigenvalue weighted by atomic mass is 32.2. The molecule has 0 amide bonds. The maximum Gasteiger partial charge on any atom is 0.191 e. The van der Waals surface area contributed by atoms with Gasteiger partial charge in [-0.1, -0.05) is 42.1 Å². The lowest BCUT2D eigenvalue weighted by Gasteiger charge is -2.17. The lowest BCUT2D eigenvalue weighted by molar-refractivity contribution is 0.0936. The van der Waals surface area contributed by atoms with Gasteiger partial charge in [0.15, 0.2) is 5.16 Å². The number of likely N-dealkylation sites (N-methyl/N-ethyl adjacent to an activating group) is 1. The molecule has 1 aromatic carbocycles. The van der Waals surface area contributed by atoms with Crippen LogP contribution in [0.2, 0.25) is 0 Å². The zero-order chi connectivity index (χ0) is 19.1. The maximum atomic E-state index is 5.80. The number of hydrogen-bond donors (Lipinski definition) is 0. The molecule has 1 aliphatic heterocycles. The van der Waals surface area contributed by atoms with Gasteiger partial charge in [-0.3, -0.25) is 4.90 Å². The van der Waals surface area contributed by atoms with Gasteiger partial charge in [-0.05, 0) is 32.2 Å². The van der Waals surface area contributed by atoms with E-state index in [9.17, 15) is 0 Å². The van der Waals surface area contributed by atoms with Crippen LogP contribution in [-0.2, 0) is 17.8 Å². The van der Waals surface area contributed by atoms with E-state index in [1.54, 1.807) is 18.9 Å². The van der Waals surface area contributed by atoms with E-state index in [0.29, 0.717) is 0 Å². The molecular weight excluding hydrogens is 360 g/mol. The van der Waals surface area contributed by atoms with Crippen LogP contribution in [0, 0.1) is 0 Å². The van der Waals surface area contributed by atoms with Crippen LogP contribution in [0.4, 0.5) is 0 Å². The second kappa shape index (κ2) is 9.92. The molecule has 3 rings (SSSR count). The standard InChI is InChI=1S/C20H28N4O2S/c1-23(12-6-9-16-8-4-5-11-18(16)25-2)15-19-21-22-20(27-3)24(19)14-17-10-7-13-26-17/h4-6,8-9,11,17H,7,10,12-15H2,1-3H3/b9-6+. The van der Waals surface area contributed by atoms with Gasteiger partial charge < -0.3 is 14.0 Å². The monoisotopic (exact) mass is 388 g/mol. The van der Waals surface area contributed by atoms with Crippen LogP contribution < -0.4 is 4.74 Å². The smallest absolute Gasteiger partial charge is 0.191 e. The molecule has 1 saturated heterocycles. The molecule has 1 aliphatic rings. The van der Waals surface area contributed by atoms with Crippen molar-refractivity contribution in [2.75, 3.05) is 33.6 Å². The van der Waals surface area contributed by atoms with E-state index in [2.05, 4.69) is 44.9 Å². The van der Waals surface area contributed by atoms with Gasteiger partial charge in [0.1, 0.15) is 11.6 Å². The average molecular weight is 389 g/mol. The van der Waals surface area contributed by atoms with E-state index < -0.39 is 0 Å². The molecule has 0 saturated carbocycles. The summed E-state index contributed by atoms with van der Waals surface area (Å²) in [6, 6.07) is 8.02. The summed E-state index contributed by atoms with van der Waals surface area (Å²) in [4.78, 5) is 2.23. The molecule has 0 radical (unpaired) electrons. The van der Waals surface area contributed by atoms with Crippen molar-refractivity contribution < 1.29 is 9.47 Å². The van der Waals surface area contributed by atoms with E-state index >= 15 is 0 Å². The first-order chi connectivity index (χ1) is 13.2. The van der Waals surface area contributed by atoms with Gasteiger partial charge in [0.25, 0.3) is 0 Å². The number of nitrogens with zero attached hydrogens (tertiary/aromatic N) is 4. The van der Waals surface area contributed by atoms with Gasteiger partial charge in [-0.25, -0.2) is 0 Å². The second-order valence-corrected chi connectivity index (χ2v) is 7.46. The summed E-state index contributed by atoms with van der Waals surface area (Å²) in [6.45, 7) is 3.27. The van der Waals surface area contributed by atoms with Crippen LogP contribution in [0.1, 0.15) is 24.2 Å². The Morgan fingerprint density at radius 1 is 1.37 bits per heavy atom. The van der Waals surface area contributed by atoms with Gasteiger partial charge in [-0.15, -0.1) is 10.2 Å². The number of benzene rings is 1. The number of para-hydroxylation sites is 1. The van der Waals surface area contributed by atoms with Crippen LogP contribution in [-0.4, -0.2) is 59.3 Å². The summed E-state index contributed by atoms with van der Waals surface area (Å²) in [5, 5.41) is 9.71. The molecule has 146 valence electrons. The van der Waals surface area contributed by atoms with Crippen LogP contribution in [0.3, 0.4) is 0 Å². The van der Waals surface area contributed by atoms with E-state index in [1.807, 2.05) is 24.5 Å². The van der Waals surface area contributed by atoms with Crippen LogP contribution in [0.5, 0.6) is 5.75 Å². The number of aromatic nitrogens is 3. The molecule has 1 atom stereocenters. The molecule has 27 heavy (non-hydrogen) atoms. The average Bonchev–Trinajstić information content (AvgIpc) is 3.33. The first-order valence-electron chi connectivity index (χ1n) is 9.27. The molecule has 0 aliphatic carbocycles. The van der Waals surface area contributed by atoms with Gasteiger partial charge >= 0.3 is 0 Å². The third-order valence-corrected chi connectivity index (χ3v) is 5.32. The molecule has 0 spiro atoms. The van der Waals surface area contributed by atoms with Crippen LogP contribution in [0.25, 0.3) is 6.08 Å². The van der Waals surface area contributed by atoms with E-state index in [-0.39, 0.29) is 6.10 Å². The third-order valence-electron chi connectivity index (χ3n) is 4.65. The largest absolute Gasteiger partial charge is 0.496 e. The van der Waals surface area contributed by atoms with Crippen LogP contribution in [0.15, 0.2) is 35.5 Å². The Hall–Kier alpha value is -1.83. The number of thioether (sulfide) groups is 1. The Morgan fingerprint density at radius 2 is 2.22 bits per heavy atom. The molecule has 2 heterocycles. The Labute approximate surface area is 165 Å². The summed E-state index contributed by atoms with van der Waals surface area (Å²) in [7, 11) is 3.79. The van der Waals surface area contributed by atoms with Gasteiger partial charge in [-0.2, -0.15) is 0 Å². The summed E-state index contributed by atoms with van der Waals surface area (Å²) < 4.78 is 13.4. The predicted octanol–water partition coefficient (Wildman–Crippen LogP) is 3.33. The summed E-state index contributed by atoms with van der Waals surface area (Å²) in [5.41, 5.74) is 1.08. The fourth-order valence-electron chi connectivity index (χ4n) is 3.23. The third kappa shape index (κ3) is 5.34. The molecule has 0 bridgehead atoms. The fourth-order valence-corrected chi connectivity index (χ4v) is 3.75. The highest BCUT2D eigenvalue weighted by Crippen LogP contribution is 2.21. The molecule has 1 aromatic heterocycles. The van der Waals surface area contributed by atoms with E-state index in [1.165, 1.54) is 0 Å². The van der Waals surface area contributed by atoms with E-state index in [0.717, 1.165) is 61.4 Å². The molecule has 2 aromatic rings. The normalized spacial score (nSPS) is 17.3. The number of rotatable bonds is 9. The second-order valence-electron chi connectivity index (χ2n) is 6.69. The van der Waals surface area contributed by atoms with Crippen molar-refractivity contribution in [1.82, 2.24) is 19.7 Å². The lowest BCUT2D eigenvalue weighted by Crippen LogP contribution is -2.23. The van der Waals surface area contributed by atoms with Crippen LogP contribution >= 0.6 is 11.8 Å². The van der Waals surface area contributed by atoms with Crippen molar-refractivity contribution in [3.05, 3.63) is 41.7 Å². The summed E-state index contributed by atoms with van der Waals surface area (Å²) in [5.74, 6) is 1.88. The van der Waals surface area contributed by atoms with Gasteiger partial charge in [0.05, 0.1) is 26.3 Å². The van der Waals surface area contributed by atoms with Gasteiger partial charge in [0, 0.05) is 18.7 Å². The molecule has 1 unspecified atom stereocenters. The Kier molecular flexibility index (Phi) is 7.32. The molecule has 7 heteroatoms. The first kappa shape index (κ1) is 19.9. The maximum absolute atomic E-state index is 5.80. The zero-order valence-electron chi connectivity index (χ0n) is 16.3. The van der Waals surface area contributed by atoms with E-state index in [4.69, 9.17) is 9.47 Å². The van der Waals surface area contributed by atoms with Crippen molar-refractivity contribution in [2.24, 2.45) is 0 Å². The van der Waals surface area contributed by atoms with Crippen molar-refractivity contribution >= 4 is 17.8 Å². The fraction of sp³-hybridized carbons (Fsp3) is 0.500. The Bertz CT molecular complexity index is 756. The molecule has 0 N–H and O–H groups in total. The highest BCUT2D eigenvalue weighted by molar-refractivity contribution is 7.98. The minimum absolute atomic E-state index is 0.279.